The van der Waals surface area contributed by atoms with Crippen LogP contribution in [0.2, 0.25) is 0 Å². The van der Waals surface area contributed by atoms with Crippen LogP contribution in [-0.4, -0.2) is 10.7 Å². The highest BCUT2D eigenvalue weighted by molar-refractivity contribution is 6.09. The van der Waals surface area contributed by atoms with Gasteiger partial charge < -0.3 is 0 Å². The first-order valence-corrected chi connectivity index (χ1v) is 4.25. The van der Waals surface area contributed by atoms with Crippen LogP contribution in [0, 0.1) is 10.1 Å². The number of ketones is 1. The molecule has 5 heteroatoms. The molecule has 76 valence electrons. The molecule has 2 rings (SSSR count). The van der Waals surface area contributed by atoms with Crippen LogP contribution in [0.25, 0.3) is 0 Å². The molecule has 1 aromatic rings. The van der Waals surface area contributed by atoms with E-state index in [1.807, 2.05) is 0 Å². The number of halogens is 1. The van der Waals surface area contributed by atoms with Crippen molar-refractivity contribution in [2.45, 2.75) is 6.04 Å². The first-order valence-electron chi connectivity index (χ1n) is 4.25. The highest BCUT2D eigenvalue weighted by Crippen LogP contribution is 2.30. The Morgan fingerprint density at radius 1 is 1.33 bits per heavy atom. The van der Waals surface area contributed by atoms with Crippen molar-refractivity contribution in [1.82, 2.24) is 0 Å². The van der Waals surface area contributed by atoms with Gasteiger partial charge in [0, 0.05) is 22.1 Å². The molecule has 0 saturated heterocycles. The SMILES string of the molecule is O=C1C(F)=CC([N+](=O)[O-])c2ccccc21. The fourth-order valence-electron chi connectivity index (χ4n) is 1.57. The van der Waals surface area contributed by atoms with Crippen LogP contribution < -0.4 is 0 Å². The predicted molar refractivity (Wildman–Crippen MR) is 49.7 cm³/mol. The van der Waals surface area contributed by atoms with Crippen molar-refractivity contribution in [2.75, 3.05) is 0 Å². The normalized spacial score (nSPS) is 19.4. The molecule has 0 radical (unpaired) electrons. The zero-order chi connectivity index (χ0) is 11.0. The van der Waals surface area contributed by atoms with E-state index < -0.39 is 22.6 Å². The van der Waals surface area contributed by atoms with E-state index in [-0.39, 0.29) is 11.1 Å². The molecule has 1 aliphatic carbocycles. The monoisotopic (exact) mass is 207 g/mol. The van der Waals surface area contributed by atoms with E-state index in [2.05, 4.69) is 0 Å². The number of hydrogen-bond donors (Lipinski definition) is 0. The van der Waals surface area contributed by atoms with Gasteiger partial charge in [0.05, 0.1) is 0 Å². The van der Waals surface area contributed by atoms with E-state index in [0.29, 0.717) is 0 Å². The molecule has 15 heavy (non-hydrogen) atoms. The maximum absolute atomic E-state index is 13.1. The Labute approximate surface area is 84.2 Å². The number of Topliss-reactive ketones (excluding diaryl/α,β-unsaturated/α-hetero) is 1. The van der Waals surface area contributed by atoms with Crippen LogP contribution in [0.3, 0.4) is 0 Å². The van der Waals surface area contributed by atoms with Crippen molar-refractivity contribution in [3.8, 4) is 0 Å². The summed E-state index contributed by atoms with van der Waals surface area (Å²) >= 11 is 0. The van der Waals surface area contributed by atoms with Crippen molar-refractivity contribution in [3.63, 3.8) is 0 Å². The summed E-state index contributed by atoms with van der Waals surface area (Å²) < 4.78 is 13.1. The fourth-order valence-corrected chi connectivity index (χ4v) is 1.57. The molecule has 0 bridgehead atoms. The van der Waals surface area contributed by atoms with Gasteiger partial charge in [0.2, 0.25) is 5.78 Å². The topological polar surface area (TPSA) is 60.2 Å². The molecule has 4 nitrogen and oxygen atoms in total. The summed E-state index contributed by atoms with van der Waals surface area (Å²) in [5.74, 6) is -1.85. The van der Waals surface area contributed by atoms with E-state index in [9.17, 15) is 19.3 Å². The number of carbonyl (C=O) groups is 1. The number of nitrogens with zero attached hydrogens (tertiary/aromatic N) is 1. The molecule has 0 heterocycles. The number of benzene rings is 1. The number of fused-ring (bicyclic) bond motifs is 1. The summed E-state index contributed by atoms with van der Waals surface area (Å²) in [4.78, 5) is 21.4. The third-order valence-electron chi connectivity index (χ3n) is 2.27. The van der Waals surface area contributed by atoms with Gasteiger partial charge in [-0.05, 0) is 0 Å². The molecule has 0 fully saturated rings. The second-order valence-electron chi connectivity index (χ2n) is 3.16. The largest absolute Gasteiger partial charge is 0.286 e. The zero-order valence-electron chi connectivity index (χ0n) is 7.51. The van der Waals surface area contributed by atoms with E-state index >= 15 is 0 Å². The first kappa shape index (κ1) is 9.51. The minimum atomic E-state index is -1.26. The standard InChI is InChI=1S/C10H6FNO3/c11-8-5-9(12(14)15)6-3-1-2-4-7(6)10(8)13/h1-5,9H. The quantitative estimate of drug-likeness (QED) is 0.523. The Bertz CT molecular complexity index is 481. The second-order valence-corrected chi connectivity index (χ2v) is 3.16. The smallest absolute Gasteiger partial charge is 0.260 e. The van der Waals surface area contributed by atoms with Gasteiger partial charge in [-0.1, -0.05) is 24.3 Å². The molecule has 1 atom stereocenters. The molecule has 0 aromatic heterocycles. The number of carbonyl (C=O) groups excluding carboxylic acids is 1. The van der Waals surface area contributed by atoms with Crippen LogP contribution in [-0.2, 0) is 0 Å². The maximum atomic E-state index is 13.1. The van der Waals surface area contributed by atoms with Crippen molar-refractivity contribution in [3.05, 3.63) is 57.4 Å². The van der Waals surface area contributed by atoms with Crippen LogP contribution in [0.1, 0.15) is 22.0 Å². The predicted octanol–water partition coefficient (Wildman–Crippen LogP) is 2.05. The average molecular weight is 207 g/mol. The Kier molecular flexibility index (Phi) is 2.07. The lowest BCUT2D eigenvalue weighted by Gasteiger charge is -2.14. The molecular weight excluding hydrogens is 201 g/mol. The van der Waals surface area contributed by atoms with E-state index in [1.54, 1.807) is 12.1 Å². The van der Waals surface area contributed by atoms with Gasteiger partial charge in [-0.15, -0.1) is 0 Å². The molecule has 0 spiro atoms. The molecule has 0 aliphatic heterocycles. The average Bonchev–Trinajstić information content (AvgIpc) is 2.23. The Morgan fingerprint density at radius 2 is 2.00 bits per heavy atom. The lowest BCUT2D eigenvalue weighted by Crippen LogP contribution is -2.18. The summed E-state index contributed by atoms with van der Waals surface area (Å²) in [6.07, 6.45) is 0.741. The summed E-state index contributed by atoms with van der Waals surface area (Å²) in [5.41, 5.74) is 0.313. The second kappa shape index (κ2) is 3.27. The zero-order valence-corrected chi connectivity index (χ0v) is 7.51. The maximum Gasteiger partial charge on any atom is 0.260 e. The van der Waals surface area contributed by atoms with Crippen LogP contribution in [0.15, 0.2) is 36.2 Å². The molecule has 1 aliphatic rings. The summed E-state index contributed by atoms with van der Waals surface area (Å²) in [6, 6.07) is 4.72. The highest BCUT2D eigenvalue weighted by Gasteiger charge is 2.33. The minimum absolute atomic E-state index is 0.0687. The number of nitro groups is 1. The molecule has 0 N–H and O–H groups in total. The third-order valence-corrected chi connectivity index (χ3v) is 2.27. The number of allylic oxidation sites excluding steroid dienone is 1. The van der Waals surface area contributed by atoms with Gasteiger partial charge in [0.1, 0.15) is 0 Å². The van der Waals surface area contributed by atoms with E-state index in [4.69, 9.17) is 0 Å². The third kappa shape index (κ3) is 1.41. The van der Waals surface area contributed by atoms with Gasteiger partial charge in [0.25, 0.3) is 6.04 Å². The minimum Gasteiger partial charge on any atom is -0.286 e. The summed E-state index contributed by atoms with van der Waals surface area (Å²) in [5, 5.41) is 10.7. The van der Waals surface area contributed by atoms with Crippen LogP contribution in [0.5, 0.6) is 0 Å². The van der Waals surface area contributed by atoms with Crippen LogP contribution in [0.4, 0.5) is 4.39 Å². The van der Waals surface area contributed by atoms with Crippen molar-refractivity contribution < 1.29 is 14.1 Å². The van der Waals surface area contributed by atoms with Crippen molar-refractivity contribution in [2.24, 2.45) is 0 Å². The van der Waals surface area contributed by atoms with Crippen LogP contribution >= 0.6 is 0 Å². The number of hydrogen-bond acceptors (Lipinski definition) is 3. The lowest BCUT2D eigenvalue weighted by atomic mass is 9.92. The van der Waals surface area contributed by atoms with Crippen molar-refractivity contribution in [1.29, 1.82) is 0 Å². The van der Waals surface area contributed by atoms with Gasteiger partial charge in [-0.2, -0.15) is 0 Å². The molecule has 0 amide bonds. The van der Waals surface area contributed by atoms with Gasteiger partial charge in [-0.3, -0.25) is 14.9 Å². The number of rotatable bonds is 1. The lowest BCUT2D eigenvalue weighted by molar-refractivity contribution is -0.515. The molecule has 0 saturated carbocycles. The van der Waals surface area contributed by atoms with E-state index in [0.717, 1.165) is 6.08 Å². The first-order chi connectivity index (χ1) is 7.11. The highest BCUT2D eigenvalue weighted by atomic mass is 19.1. The van der Waals surface area contributed by atoms with Gasteiger partial charge in [0.15, 0.2) is 5.83 Å². The molecule has 1 aromatic carbocycles. The summed E-state index contributed by atoms with van der Waals surface area (Å²) in [6.45, 7) is 0. The Morgan fingerprint density at radius 3 is 2.67 bits per heavy atom. The van der Waals surface area contributed by atoms with Crippen molar-refractivity contribution >= 4 is 5.78 Å². The van der Waals surface area contributed by atoms with E-state index in [1.165, 1.54) is 12.1 Å². The Balaban J connectivity index is 2.63. The summed E-state index contributed by atoms with van der Waals surface area (Å²) in [7, 11) is 0. The molecule has 1 unspecified atom stereocenters. The molecular formula is C10H6FNO3. The fraction of sp³-hybridized carbons (Fsp3) is 0.100. The van der Waals surface area contributed by atoms with Gasteiger partial charge in [-0.25, -0.2) is 4.39 Å². The van der Waals surface area contributed by atoms with Gasteiger partial charge >= 0.3 is 0 Å². The Hall–Kier alpha value is -2.04.